The van der Waals surface area contributed by atoms with Crippen molar-refractivity contribution in [3.05, 3.63) is 65.7 Å². The van der Waals surface area contributed by atoms with Crippen LogP contribution < -0.4 is 10.6 Å². The molecule has 0 bridgehead atoms. The summed E-state index contributed by atoms with van der Waals surface area (Å²) in [5.74, 6) is -1.74. The minimum Gasteiger partial charge on any atom is -0.376 e. The number of hydrogen-bond acceptors (Lipinski definition) is 7. The SMILES string of the molecule is CCO[C@H](C)[C@H](NC(=O)[C@H](C)NC)C(=O)N1CCC[C@H]1CN(CCc1ccc(F)cc1)C(=O)c1cn2cc(F)cnc2n1. The van der Waals surface area contributed by atoms with Crippen LogP contribution in [-0.4, -0.2) is 99.4 Å². The summed E-state index contributed by atoms with van der Waals surface area (Å²) in [6, 6.07) is 4.31. The molecule has 3 aromatic rings. The zero-order valence-corrected chi connectivity index (χ0v) is 24.9. The van der Waals surface area contributed by atoms with E-state index in [0.717, 1.165) is 18.2 Å². The fraction of sp³-hybridized carbons (Fsp3) is 0.500. The van der Waals surface area contributed by atoms with Gasteiger partial charge < -0.3 is 25.2 Å². The van der Waals surface area contributed by atoms with E-state index in [1.165, 1.54) is 28.9 Å². The number of likely N-dealkylation sites (N-methyl/N-ethyl adjacent to an activating group) is 1. The molecule has 3 amide bonds. The quantitative estimate of drug-likeness (QED) is 0.309. The highest BCUT2D eigenvalue weighted by molar-refractivity contribution is 5.93. The van der Waals surface area contributed by atoms with Crippen LogP contribution in [0.4, 0.5) is 8.78 Å². The highest BCUT2D eigenvalue weighted by Gasteiger charge is 2.38. The number of carbonyl (C=O) groups is 3. The fourth-order valence-corrected chi connectivity index (χ4v) is 5.21. The maximum absolute atomic E-state index is 13.9. The Morgan fingerprint density at radius 2 is 1.88 bits per heavy atom. The summed E-state index contributed by atoms with van der Waals surface area (Å²) in [6.45, 7) is 6.59. The van der Waals surface area contributed by atoms with Gasteiger partial charge in [0.25, 0.3) is 5.91 Å². The smallest absolute Gasteiger partial charge is 0.274 e. The minimum absolute atomic E-state index is 0.0873. The molecule has 0 saturated carbocycles. The molecular weight excluding hydrogens is 560 g/mol. The second-order valence-electron chi connectivity index (χ2n) is 10.7. The summed E-state index contributed by atoms with van der Waals surface area (Å²) in [7, 11) is 1.66. The first-order valence-corrected chi connectivity index (χ1v) is 14.5. The van der Waals surface area contributed by atoms with Crippen molar-refractivity contribution < 1.29 is 27.9 Å². The lowest BCUT2D eigenvalue weighted by Gasteiger charge is -2.34. The molecule has 13 heteroatoms. The number of imidazole rings is 1. The Labute approximate surface area is 249 Å². The molecule has 4 atom stereocenters. The average molecular weight is 600 g/mol. The zero-order chi connectivity index (χ0) is 31.1. The summed E-state index contributed by atoms with van der Waals surface area (Å²) < 4.78 is 34.3. The first kappa shape index (κ1) is 32.0. The van der Waals surface area contributed by atoms with Crippen LogP contribution in [0.3, 0.4) is 0 Å². The maximum Gasteiger partial charge on any atom is 0.274 e. The van der Waals surface area contributed by atoms with Crippen molar-refractivity contribution in [2.24, 2.45) is 0 Å². The van der Waals surface area contributed by atoms with Gasteiger partial charge in [-0.05, 0) is 64.8 Å². The van der Waals surface area contributed by atoms with Crippen LogP contribution in [0.5, 0.6) is 0 Å². The number of fused-ring (bicyclic) bond motifs is 1. The lowest BCUT2D eigenvalue weighted by atomic mass is 10.1. The van der Waals surface area contributed by atoms with Crippen LogP contribution in [0.25, 0.3) is 5.78 Å². The van der Waals surface area contributed by atoms with E-state index in [2.05, 4.69) is 20.6 Å². The predicted octanol–water partition coefficient (Wildman–Crippen LogP) is 2.20. The van der Waals surface area contributed by atoms with Crippen LogP contribution in [-0.2, 0) is 20.7 Å². The van der Waals surface area contributed by atoms with Gasteiger partial charge in [-0.25, -0.2) is 18.7 Å². The molecule has 43 heavy (non-hydrogen) atoms. The van der Waals surface area contributed by atoms with Gasteiger partial charge in [-0.1, -0.05) is 12.1 Å². The van der Waals surface area contributed by atoms with E-state index in [0.29, 0.717) is 26.0 Å². The molecule has 232 valence electrons. The van der Waals surface area contributed by atoms with Crippen LogP contribution in [0, 0.1) is 11.6 Å². The molecule has 0 aliphatic carbocycles. The number of benzene rings is 1. The van der Waals surface area contributed by atoms with Gasteiger partial charge in [-0.15, -0.1) is 0 Å². The number of aromatic nitrogens is 3. The third-order valence-corrected chi connectivity index (χ3v) is 7.75. The predicted molar refractivity (Wildman–Crippen MR) is 155 cm³/mol. The van der Waals surface area contributed by atoms with E-state index < -0.39 is 29.9 Å². The molecule has 0 spiro atoms. The maximum atomic E-state index is 13.9. The molecule has 11 nitrogen and oxygen atoms in total. The normalized spacial score (nSPS) is 17.1. The molecule has 4 rings (SSSR count). The monoisotopic (exact) mass is 599 g/mol. The molecule has 1 saturated heterocycles. The summed E-state index contributed by atoms with van der Waals surface area (Å²) in [5.41, 5.74) is 0.925. The lowest BCUT2D eigenvalue weighted by molar-refractivity contribution is -0.141. The van der Waals surface area contributed by atoms with Crippen molar-refractivity contribution in [2.75, 3.05) is 33.3 Å². The van der Waals surface area contributed by atoms with E-state index in [1.807, 2.05) is 6.92 Å². The Morgan fingerprint density at radius 3 is 2.58 bits per heavy atom. The lowest BCUT2D eigenvalue weighted by Crippen LogP contribution is -2.58. The van der Waals surface area contributed by atoms with Crippen LogP contribution in [0.1, 0.15) is 49.7 Å². The van der Waals surface area contributed by atoms with Gasteiger partial charge in [0.1, 0.15) is 17.6 Å². The van der Waals surface area contributed by atoms with Gasteiger partial charge >= 0.3 is 0 Å². The Balaban J connectivity index is 1.57. The van der Waals surface area contributed by atoms with Crippen molar-refractivity contribution in [1.29, 1.82) is 0 Å². The number of hydrogen-bond donors (Lipinski definition) is 2. The van der Waals surface area contributed by atoms with Gasteiger partial charge in [-0.2, -0.15) is 0 Å². The molecule has 0 unspecified atom stereocenters. The number of rotatable bonds is 13. The molecule has 1 fully saturated rings. The average Bonchev–Trinajstić information content (AvgIpc) is 3.64. The van der Waals surface area contributed by atoms with Crippen molar-refractivity contribution in [2.45, 2.75) is 64.3 Å². The van der Waals surface area contributed by atoms with Gasteiger partial charge in [0.05, 0.1) is 18.3 Å². The number of ether oxygens (including phenoxy) is 1. The van der Waals surface area contributed by atoms with Crippen LogP contribution >= 0.6 is 0 Å². The van der Waals surface area contributed by atoms with Crippen molar-refractivity contribution in [3.8, 4) is 0 Å². The van der Waals surface area contributed by atoms with E-state index >= 15 is 0 Å². The van der Waals surface area contributed by atoms with E-state index in [4.69, 9.17) is 4.74 Å². The Bertz CT molecular complexity index is 1420. The summed E-state index contributed by atoms with van der Waals surface area (Å²) in [4.78, 5) is 52.0. The highest BCUT2D eigenvalue weighted by atomic mass is 19.1. The first-order valence-electron chi connectivity index (χ1n) is 14.5. The molecule has 3 heterocycles. The largest absolute Gasteiger partial charge is 0.376 e. The molecule has 2 N–H and O–H groups in total. The number of nitrogens with zero attached hydrogens (tertiary/aromatic N) is 5. The van der Waals surface area contributed by atoms with Gasteiger partial charge in [0.15, 0.2) is 5.82 Å². The van der Waals surface area contributed by atoms with Gasteiger partial charge in [-0.3, -0.25) is 18.8 Å². The van der Waals surface area contributed by atoms with Crippen LogP contribution in [0.15, 0.2) is 42.9 Å². The minimum atomic E-state index is -0.911. The Hall–Kier alpha value is -3.97. The molecule has 1 aromatic carbocycles. The molecular formula is C30H39F2N7O4. The molecule has 0 radical (unpaired) electrons. The summed E-state index contributed by atoms with van der Waals surface area (Å²) in [6.07, 6.45) is 4.89. The highest BCUT2D eigenvalue weighted by Crippen LogP contribution is 2.22. The fourth-order valence-electron chi connectivity index (χ4n) is 5.21. The number of nitrogens with one attached hydrogen (secondary N) is 2. The zero-order valence-electron chi connectivity index (χ0n) is 24.9. The summed E-state index contributed by atoms with van der Waals surface area (Å²) >= 11 is 0. The van der Waals surface area contributed by atoms with Crippen molar-refractivity contribution >= 4 is 23.5 Å². The molecule has 1 aliphatic rings. The standard InChI is InChI=1S/C30H39F2N7O4/c1-5-43-20(3)26(36-27(40)19(2)33-4)29(42)39-13-6-7-24(39)17-37(14-12-21-8-10-22(31)11-9-21)28(41)25-18-38-16-23(32)15-34-30(38)35-25/h8-11,15-16,18-20,24,26,33H,5-7,12-14,17H2,1-4H3,(H,36,40)/t19-,20+,24-,26-/m0/s1. The summed E-state index contributed by atoms with van der Waals surface area (Å²) in [5, 5.41) is 5.72. The number of carbonyl (C=O) groups excluding carboxylic acids is 3. The number of likely N-dealkylation sites (tertiary alicyclic amines) is 1. The topological polar surface area (TPSA) is 121 Å². The van der Waals surface area contributed by atoms with Crippen molar-refractivity contribution in [1.82, 2.24) is 34.8 Å². The molecule has 1 aliphatic heterocycles. The van der Waals surface area contributed by atoms with Crippen LogP contribution in [0.2, 0.25) is 0 Å². The first-order chi connectivity index (χ1) is 20.6. The Kier molecular flexibility index (Phi) is 10.8. The number of halogens is 2. The Morgan fingerprint density at radius 1 is 1.14 bits per heavy atom. The third-order valence-electron chi connectivity index (χ3n) is 7.75. The second-order valence-corrected chi connectivity index (χ2v) is 10.7. The number of amides is 3. The third kappa shape index (κ3) is 7.90. The van der Waals surface area contributed by atoms with E-state index in [9.17, 15) is 23.2 Å². The second kappa shape index (κ2) is 14.5. The van der Waals surface area contributed by atoms with Gasteiger partial charge in [0.2, 0.25) is 17.6 Å². The van der Waals surface area contributed by atoms with Gasteiger partial charge in [0, 0.05) is 44.7 Å². The van der Waals surface area contributed by atoms with E-state index in [-0.39, 0.29) is 48.2 Å². The molecule has 2 aromatic heterocycles. The van der Waals surface area contributed by atoms with Crippen molar-refractivity contribution in [3.63, 3.8) is 0 Å². The van der Waals surface area contributed by atoms with E-state index in [1.54, 1.807) is 42.8 Å².